The lowest BCUT2D eigenvalue weighted by Crippen LogP contribution is -2.15. The molecule has 1 aromatic carbocycles. The molecule has 0 aliphatic heterocycles. The molecule has 3 rings (SSSR count). The quantitative estimate of drug-likeness (QED) is 0.535. The number of fused-ring (bicyclic) bond motifs is 1. The highest BCUT2D eigenvalue weighted by Gasteiger charge is 2.26. The highest BCUT2D eigenvalue weighted by atomic mass is 35.5. The fourth-order valence-corrected chi connectivity index (χ4v) is 5.19. The summed E-state index contributed by atoms with van der Waals surface area (Å²) in [6, 6.07) is 6.05. The second-order valence-electron chi connectivity index (χ2n) is 5.51. The van der Waals surface area contributed by atoms with Gasteiger partial charge in [-0.1, -0.05) is 11.6 Å². The van der Waals surface area contributed by atoms with Gasteiger partial charge in [-0.05, 0) is 25.1 Å². The Morgan fingerprint density at radius 2 is 1.89 bits per heavy atom. The number of rotatable bonds is 7. The molecule has 0 fully saturated rings. The van der Waals surface area contributed by atoms with Gasteiger partial charge in [-0.15, -0.1) is 11.3 Å². The number of ether oxygens (including phenoxy) is 3. The average Bonchev–Trinajstić information content (AvgIpc) is 3.25. The van der Waals surface area contributed by atoms with E-state index in [4.69, 9.17) is 25.8 Å². The molecule has 8 nitrogen and oxygen atoms in total. The van der Waals surface area contributed by atoms with Gasteiger partial charge in [-0.25, -0.2) is 13.2 Å². The molecule has 2 heterocycles. The number of nitrogens with one attached hydrogen (secondary N) is 2. The standard InChI is InChI=1S/C17H17ClN2O6S2/c1-4-26-17(21)16-15(20-28(22,23)14-6-5-13(18)27-14)9-7-11(24-2)12(25-3)8-10(9)19-16/h5-8,19-20H,4H2,1-3H3. The number of anilines is 1. The van der Waals surface area contributed by atoms with E-state index in [1.807, 2.05) is 0 Å². The molecule has 0 bridgehead atoms. The molecule has 0 radical (unpaired) electrons. The minimum atomic E-state index is -3.98. The van der Waals surface area contributed by atoms with E-state index in [1.165, 1.54) is 26.4 Å². The molecule has 0 unspecified atom stereocenters. The van der Waals surface area contributed by atoms with E-state index >= 15 is 0 Å². The third-order valence-corrected chi connectivity index (χ3v) is 6.90. The highest BCUT2D eigenvalue weighted by molar-refractivity contribution is 7.94. The number of carbonyl (C=O) groups excluding carboxylic acids is 1. The van der Waals surface area contributed by atoms with Crippen LogP contribution in [0.4, 0.5) is 5.69 Å². The maximum Gasteiger partial charge on any atom is 0.356 e. The number of thiophene rings is 1. The Balaban J connectivity index is 2.19. The number of aromatic amines is 1. The Kier molecular flexibility index (Phi) is 5.73. The van der Waals surface area contributed by atoms with E-state index in [0.717, 1.165) is 11.3 Å². The van der Waals surface area contributed by atoms with Gasteiger partial charge in [0, 0.05) is 11.5 Å². The summed E-state index contributed by atoms with van der Waals surface area (Å²) in [5, 5.41) is 0.423. The molecule has 3 aromatic rings. The van der Waals surface area contributed by atoms with Crippen LogP contribution in [0.25, 0.3) is 10.9 Å². The summed E-state index contributed by atoms with van der Waals surface area (Å²) in [5.74, 6) is 0.105. The van der Waals surface area contributed by atoms with Crippen molar-refractivity contribution in [2.75, 3.05) is 25.5 Å². The zero-order valence-electron chi connectivity index (χ0n) is 15.2. The van der Waals surface area contributed by atoms with Gasteiger partial charge in [0.2, 0.25) is 0 Å². The number of esters is 1. The van der Waals surface area contributed by atoms with Gasteiger partial charge in [-0.2, -0.15) is 0 Å². The Hall–Kier alpha value is -2.43. The maximum absolute atomic E-state index is 12.8. The monoisotopic (exact) mass is 444 g/mol. The smallest absolute Gasteiger partial charge is 0.356 e. The van der Waals surface area contributed by atoms with E-state index in [9.17, 15) is 13.2 Å². The van der Waals surface area contributed by atoms with Crippen LogP contribution in [0.1, 0.15) is 17.4 Å². The molecule has 0 aliphatic carbocycles. The second-order valence-corrected chi connectivity index (χ2v) is 9.14. The van der Waals surface area contributed by atoms with Crippen molar-refractivity contribution >= 4 is 55.5 Å². The molecular weight excluding hydrogens is 428 g/mol. The van der Waals surface area contributed by atoms with Crippen molar-refractivity contribution in [2.24, 2.45) is 0 Å². The predicted molar refractivity (Wildman–Crippen MR) is 107 cm³/mol. The summed E-state index contributed by atoms with van der Waals surface area (Å²) >= 11 is 6.76. The molecule has 0 amide bonds. The summed E-state index contributed by atoms with van der Waals surface area (Å²) in [6.07, 6.45) is 0. The predicted octanol–water partition coefficient (Wildman–Crippen LogP) is 3.88. The van der Waals surface area contributed by atoms with Gasteiger partial charge >= 0.3 is 5.97 Å². The van der Waals surface area contributed by atoms with Gasteiger partial charge in [-0.3, -0.25) is 4.72 Å². The van der Waals surface area contributed by atoms with Crippen LogP contribution >= 0.6 is 22.9 Å². The summed E-state index contributed by atoms with van der Waals surface area (Å²) in [6.45, 7) is 1.79. The topological polar surface area (TPSA) is 107 Å². The fourth-order valence-electron chi connectivity index (χ4n) is 2.61. The van der Waals surface area contributed by atoms with Crippen LogP contribution in [0.2, 0.25) is 4.34 Å². The van der Waals surface area contributed by atoms with E-state index < -0.39 is 16.0 Å². The second kappa shape index (κ2) is 7.90. The van der Waals surface area contributed by atoms with E-state index in [-0.39, 0.29) is 22.2 Å². The minimum Gasteiger partial charge on any atom is -0.493 e. The molecule has 2 aromatic heterocycles. The van der Waals surface area contributed by atoms with E-state index in [0.29, 0.717) is 26.7 Å². The minimum absolute atomic E-state index is 0.0159. The third-order valence-electron chi connectivity index (χ3n) is 3.83. The number of benzene rings is 1. The normalized spacial score (nSPS) is 11.4. The van der Waals surface area contributed by atoms with Crippen LogP contribution in [-0.2, 0) is 14.8 Å². The molecule has 11 heteroatoms. The summed E-state index contributed by atoms with van der Waals surface area (Å²) in [5.41, 5.74) is 0.500. The number of hydrogen-bond acceptors (Lipinski definition) is 7. The van der Waals surface area contributed by atoms with Crippen LogP contribution in [0.3, 0.4) is 0 Å². The maximum atomic E-state index is 12.8. The molecule has 0 aliphatic rings. The Morgan fingerprint density at radius 3 is 2.46 bits per heavy atom. The van der Waals surface area contributed by atoms with E-state index in [1.54, 1.807) is 19.1 Å². The van der Waals surface area contributed by atoms with Crippen molar-refractivity contribution < 1.29 is 27.4 Å². The number of methoxy groups -OCH3 is 2. The first-order valence-electron chi connectivity index (χ1n) is 8.03. The lowest BCUT2D eigenvalue weighted by molar-refractivity contribution is 0.0522. The molecule has 150 valence electrons. The Bertz CT molecular complexity index is 1140. The van der Waals surface area contributed by atoms with Crippen molar-refractivity contribution in [3.05, 3.63) is 34.3 Å². The molecular formula is C17H17ClN2O6S2. The largest absolute Gasteiger partial charge is 0.493 e. The first-order chi connectivity index (χ1) is 13.3. The molecule has 0 atom stereocenters. The lowest BCUT2D eigenvalue weighted by Gasteiger charge is -2.10. The number of halogens is 1. The van der Waals surface area contributed by atoms with Crippen molar-refractivity contribution in [3.8, 4) is 11.5 Å². The third kappa shape index (κ3) is 3.75. The molecule has 0 saturated carbocycles. The number of aromatic nitrogens is 1. The van der Waals surface area contributed by atoms with Crippen molar-refractivity contribution in [2.45, 2.75) is 11.1 Å². The first-order valence-corrected chi connectivity index (χ1v) is 10.7. The Labute approximate surface area is 170 Å². The van der Waals surface area contributed by atoms with Crippen LogP contribution in [0.5, 0.6) is 11.5 Å². The molecule has 28 heavy (non-hydrogen) atoms. The van der Waals surface area contributed by atoms with Crippen LogP contribution in [-0.4, -0.2) is 40.2 Å². The van der Waals surface area contributed by atoms with E-state index in [2.05, 4.69) is 9.71 Å². The number of hydrogen-bond donors (Lipinski definition) is 2. The summed E-state index contributed by atoms with van der Waals surface area (Å²) in [7, 11) is -1.04. The number of H-pyrrole nitrogens is 1. The van der Waals surface area contributed by atoms with Gasteiger partial charge in [0.25, 0.3) is 10.0 Å². The zero-order valence-corrected chi connectivity index (χ0v) is 17.5. The summed E-state index contributed by atoms with van der Waals surface area (Å²) < 4.78 is 44.0. The SMILES string of the molecule is CCOC(=O)c1[nH]c2cc(OC)c(OC)cc2c1NS(=O)(=O)c1ccc(Cl)s1. The lowest BCUT2D eigenvalue weighted by atomic mass is 10.2. The zero-order chi connectivity index (χ0) is 20.5. The highest BCUT2D eigenvalue weighted by Crippen LogP contribution is 2.38. The van der Waals surface area contributed by atoms with Gasteiger partial charge in [0.05, 0.1) is 36.4 Å². The van der Waals surface area contributed by atoms with Gasteiger partial charge in [0.1, 0.15) is 4.21 Å². The summed E-state index contributed by atoms with van der Waals surface area (Å²) in [4.78, 5) is 15.3. The van der Waals surface area contributed by atoms with Crippen LogP contribution in [0, 0.1) is 0 Å². The number of carbonyl (C=O) groups is 1. The van der Waals surface area contributed by atoms with Crippen molar-refractivity contribution in [3.63, 3.8) is 0 Å². The average molecular weight is 445 g/mol. The molecule has 0 spiro atoms. The molecule has 2 N–H and O–H groups in total. The molecule has 0 saturated heterocycles. The van der Waals surface area contributed by atoms with Gasteiger partial charge in [0.15, 0.2) is 17.2 Å². The fraction of sp³-hybridized carbons (Fsp3) is 0.235. The van der Waals surface area contributed by atoms with Gasteiger partial charge < -0.3 is 19.2 Å². The Morgan fingerprint density at radius 1 is 1.21 bits per heavy atom. The first kappa shape index (κ1) is 20.3. The van der Waals surface area contributed by atoms with Crippen molar-refractivity contribution in [1.82, 2.24) is 4.98 Å². The van der Waals surface area contributed by atoms with Crippen LogP contribution < -0.4 is 14.2 Å². The van der Waals surface area contributed by atoms with Crippen LogP contribution in [0.15, 0.2) is 28.5 Å². The number of sulfonamides is 1. The van der Waals surface area contributed by atoms with Crippen molar-refractivity contribution in [1.29, 1.82) is 0 Å².